The molecule has 0 spiro atoms. The van der Waals surface area contributed by atoms with E-state index < -0.39 is 0 Å². The van der Waals surface area contributed by atoms with E-state index in [2.05, 4.69) is 51.1 Å². The number of ether oxygens (including phenoxy) is 1. The topological polar surface area (TPSA) is 21.3 Å². The predicted octanol–water partition coefficient (Wildman–Crippen LogP) is 4.41. The Bertz CT molecular complexity index is 513. The van der Waals surface area contributed by atoms with Gasteiger partial charge in [-0.25, -0.2) is 0 Å². The Morgan fingerprint density at radius 3 is 2.84 bits per heavy atom. The number of hydrogen-bond acceptors (Lipinski definition) is 3. The third kappa shape index (κ3) is 3.81. The molecule has 102 valence electrons. The minimum absolute atomic E-state index is 0.347. The monoisotopic (exact) mass is 339 g/mol. The molecule has 1 atom stereocenters. The molecule has 1 aromatic carbocycles. The van der Waals surface area contributed by atoms with Crippen LogP contribution in [0.25, 0.3) is 0 Å². The number of thiophene rings is 1. The minimum Gasteiger partial charge on any atom is -0.497 e. The summed E-state index contributed by atoms with van der Waals surface area (Å²) in [4.78, 5) is 0. The summed E-state index contributed by atoms with van der Waals surface area (Å²) in [5.74, 6) is 0.902. The number of hydrogen-bond donors (Lipinski definition) is 1. The summed E-state index contributed by atoms with van der Waals surface area (Å²) < 4.78 is 6.43. The van der Waals surface area contributed by atoms with Gasteiger partial charge in [0.05, 0.1) is 7.11 Å². The van der Waals surface area contributed by atoms with Gasteiger partial charge in [-0.2, -0.15) is 11.3 Å². The van der Waals surface area contributed by atoms with Gasteiger partial charge in [0.25, 0.3) is 0 Å². The fraction of sp³-hybridized carbons (Fsp3) is 0.333. The van der Waals surface area contributed by atoms with E-state index in [9.17, 15) is 0 Å². The maximum atomic E-state index is 5.30. The predicted molar refractivity (Wildman–Crippen MR) is 85.1 cm³/mol. The number of methoxy groups -OCH3 is 1. The van der Waals surface area contributed by atoms with Crippen molar-refractivity contribution >= 4 is 27.3 Å². The molecule has 2 nitrogen and oxygen atoms in total. The largest absolute Gasteiger partial charge is 0.497 e. The average molecular weight is 340 g/mol. The number of likely N-dealkylation sites (N-methyl/N-ethyl adjacent to an activating group) is 1. The lowest BCUT2D eigenvalue weighted by atomic mass is 10.0. The zero-order valence-electron chi connectivity index (χ0n) is 11.2. The van der Waals surface area contributed by atoms with Crippen LogP contribution in [0.4, 0.5) is 0 Å². The molecule has 1 aromatic heterocycles. The third-order valence-corrected chi connectivity index (χ3v) is 4.55. The SMILES string of the molecule is CCNC(Cc1cc(OC)ccc1Br)c1ccsc1. The second kappa shape index (κ2) is 7.08. The first kappa shape index (κ1) is 14.6. The standard InChI is InChI=1S/C15H18BrNOS/c1-3-17-15(11-6-7-19-10-11)9-12-8-13(18-2)4-5-14(12)16/h4-8,10,15,17H,3,9H2,1-2H3. The number of halogens is 1. The lowest BCUT2D eigenvalue weighted by Crippen LogP contribution is -2.22. The smallest absolute Gasteiger partial charge is 0.119 e. The van der Waals surface area contributed by atoms with Gasteiger partial charge in [-0.05, 0) is 59.1 Å². The highest BCUT2D eigenvalue weighted by Crippen LogP contribution is 2.28. The molecule has 0 fully saturated rings. The third-order valence-electron chi connectivity index (χ3n) is 3.07. The van der Waals surface area contributed by atoms with E-state index in [4.69, 9.17) is 4.74 Å². The van der Waals surface area contributed by atoms with Gasteiger partial charge in [0.2, 0.25) is 0 Å². The molecule has 0 radical (unpaired) electrons. The first-order chi connectivity index (χ1) is 9.24. The highest BCUT2D eigenvalue weighted by atomic mass is 79.9. The van der Waals surface area contributed by atoms with E-state index in [1.807, 2.05) is 12.1 Å². The summed E-state index contributed by atoms with van der Waals surface area (Å²) in [6.45, 7) is 3.10. The van der Waals surface area contributed by atoms with Crippen LogP contribution in [0.5, 0.6) is 5.75 Å². The Labute approximate surface area is 126 Å². The fourth-order valence-electron chi connectivity index (χ4n) is 2.08. The number of nitrogens with one attached hydrogen (secondary N) is 1. The molecule has 2 rings (SSSR count). The van der Waals surface area contributed by atoms with Crippen LogP contribution >= 0.6 is 27.3 Å². The Morgan fingerprint density at radius 2 is 2.21 bits per heavy atom. The van der Waals surface area contributed by atoms with Crippen LogP contribution in [-0.2, 0) is 6.42 Å². The molecule has 19 heavy (non-hydrogen) atoms. The van der Waals surface area contributed by atoms with Gasteiger partial charge in [-0.15, -0.1) is 0 Å². The van der Waals surface area contributed by atoms with Gasteiger partial charge in [-0.1, -0.05) is 22.9 Å². The van der Waals surface area contributed by atoms with Crippen molar-refractivity contribution in [1.29, 1.82) is 0 Å². The lowest BCUT2D eigenvalue weighted by molar-refractivity contribution is 0.413. The van der Waals surface area contributed by atoms with Crippen LogP contribution < -0.4 is 10.1 Å². The van der Waals surface area contributed by atoms with Crippen molar-refractivity contribution in [1.82, 2.24) is 5.32 Å². The molecule has 0 bridgehead atoms. The molecule has 1 heterocycles. The van der Waals surface area contributed by atoms with Crippen LogP contribution in [0.3, 0.4) is 0 Å². The number of rotatable bonds is 6. The molecule has 0 aliphatic rings. The van der Waals surface area contributed by atoms with Crippen LogP contribution in [0, 0.1) is 0 Å². The zero-order chi connectivity index (χ0) is 13.7. The maximum Gasteiger partial charge on any atom is 0.119 e. The molecule has 2 aromatic rings. The summed E-state index contributed by atoms with van der Waals surface area (Å²) in [6, 6.07) is 8.65. The van der Waals surface area contributed by atoms with E-state index in [0.29, 0.717) is 6.04 Å². The van der Waals surface area contributed by atoms with Crippen LogP contribution in [0.2, 0.25) is 0 Å². The summed E-state index contributed by atoms with van der Waals surface area (Å²) in [5, 5.41) is 7.88. The van der Waals surface area contributed by atoms with Crippen molar-refractivity contribution in [3.8, 4) is 5.75 Å². The maximum absolute atomic E-state index is 5.30. The minimum atomic E-state index is 0.347. The molecular weight excluding hydrogens is 322 g/mol. The van der Waals surface area contributed by atoms with E-state index in [0.717, 1.165) is 23.2 Å². The molecule has 0 saturated carbocycles. The van der Waals surface area contributed by atoms with Crippen molar-refractivity contribution in [3.63, 3.8) is 0 Å². The first-order valence-electron chi connectivity index (χ1n) is 6.32. The highest BCUT2D eigenvalue weighted by Gasteiger charge is 2.14. The highest BCUT2D eigenvalue weighted by molar-refractivity contribution is 9.10. The Morgan fingerprint density at radius 1 is 1.37 bits per heavy atom. The average Bonchev–Trinajstić information content (AvgIpc) is 2.94. The van der Waals surface area contributed by atoms with E-state index in [1.165, 1.54) is 11.1 Å². The van der Waals surface area contributed by atoms with E-state index >= 15 is 0 Å². The molecule has 1 unspecified atom stereocenters. The van der Waals surface area contributed by atoms with Gasteiger partial charge in [0.1, 0.15) is 5.75 Å². The summed E-state index contributed by atoms with van der Waals surface area (Å²) in [7, 11) is 1.70. The van der Waals surface area contributed by atoms with Gasteiger partial charge < -0.3 is 10.1 Å². The molecule has 4 heteroatoms. The molecular formula is C15H18BrNOS. The zero-order valence-corrected chi connectivity index (χ0v) is 13.6. The molecule has 0 amide bonds. The van der Waals surface area contributed by atoms with Crippen molar-refractivity contribution < 1.29 is 4.74 Å². The van der Waals surface area contributed by atoms with Crippen molar-refractivity contribution in [3.05, 3.63) is 50.6 Å². The van der Waals surface area contributed by atoms with Crippen molar-refractivity contribution in [2.45, 2.75) is 19.4 Å². The van der Waals surface area contributed by atoms with Gasteiger partial charge in [-0.3, -0.25) is 0 Å². The van der Waals surface area contributed by atoms with Gasteiger partial charge >= 0.3 is 0 Å². The quantitative estimate of drug-likeness (QED) is 0.841. The van der Waals surface area contributed by atoms with Gasteiger partial charge in [0, 0.05) is 10.5 Å². The Balaban J connectivity index is 2.21. The second-order valence-electron chi connectivity index (χ2n) is 4.33. The molecule has 0 aliphatic heterocycles. The summed E-state index contributed by atoms with van der Waals surface area (Å²) >= 11 is 5.36. The normalized spacial score (nSPS) is 12.4. The lowest BCUT2D eigenvalue weighted by Gasteiger charge is -2.18. The van der Waals surface area contributed by atoms with Crippen LogP contribution in [0.15, 0.2) is 39.5 Å². The summed E-state index contributed by atoms with van der Waals surface area (Å²) in [6.07, 6.45) is 0.947. The van der Waals surface area contributed by atoms with Crippen molar-refractivity contribution in [2.75, 3.05) is 13.7 Å². The van der Waals surface area contributed by atoms with Crippen LogP contribution in [0.1, 0.15) is 24.1 Å². The molecule has 0 saturated heterocycles. The number of benzene rings is 1. The fourth-order valence-corrected chi connectivity index (χ4v) is 3.20. The summed E-state index contributed by atoms with van der Waals surface area (Å²) in [5.41, 5.74) is 2.61. The first-order valence-corrected chi connectivity index (χ1v) is 8.06. The molecule has 1 N–H and O–H groups in total. The van der Waals surface area contributed by atoms with Gasteiger partial charge in [0.15, 0.2) is 0 Å². The van der Waals surface area contributed by atoms with Crippen LogP contribution in [-0.4, -0.2) is 13.7 Å². The molecule has 0 aliphatic carbocycles. The van der Waals surface area contributed by atoms with Crippen molar-refractivity contribution in [2.24, 2.45) is 0 Å². The van der Waals surface area contributed by atoms with E-state index in [-0.39, 0.29) is 0 Å². The second-order valence-corrected chi connectivity index (χ2v) is 5.96. The Hall–Kier alpha value is -0.840. The van der Waals surface area contributed by atoms with E-state index in [1.54, 1.807) is 18.4 Å². The Kier molecular flexibility index (Phi) is 5.43.